The van der Waals surface area contributed by atoms with Crippen molar-refractivity contribution in [3.8, 4) is 17.3 Å². The van der Waals surface area contributed by atoms with Crippen LogP contribution < -0.4 is 4.40 Å². The van der Waals surface area contributed by atoms with Crippen LogP contribution in [0.2, 0.25) is 17.3 Å². The normalized spacial score (nSPS) is 11.1. The Morgan fingerprint density at radius 3 is 2.37 bits per heavy atom. The zero-order valence-corrected chi connectivity index (χ0v) is 13.3. The van der Waals surface area contributed by atoms with Crippen molar-refractivity contribution in [1.82, 2.24) is 4.98 Å². The van der Waals surface area contributed by atoms with Crippen molar-refractivity contribution in [3.05, 3.63) is 47.9 Å². The van der Waals surface area contributed by atoms with Crippen molar-refractivity contribution in [3.63, 3.8) is 0 Å². The molecule has 2 rings (SSSR count). The third-order valence-corrected chi connectivity index (χ3v) is 7.27. The third-order valence-electron chi connectivity index (χ3n) is 3.01. The van der Waals surface area contributed by atoms with E-state index < -0.39 is 19.1 Å². The first-order valence-corrected chi connectivity index (χ1v) is 13.4. The van der Waals surface area contributed by atoms with Gasteiger partial charge in [0, 0.05) is 0 Å². The quantitative estimate of drug-likeness (QED) is 0.797. The van der Waals surface area contributed by atoms with E-state index in [0.717, 1.165) is 5.69 Å². The number of rotatable bonds is 2. The molecule has 2 nitrogen and oxygen atoms in total. The average molecular weight is 315 g/mol. The van der Waals surface area contributed by atoms with Gasteiger partial charge in [-0.15, -0.1) is 0 Å². The van der Waals surface area contributed by atoms with Crippen LogP contribution in [0.4, 0.5) is 4.39 Å². The van der Waals surface area contributed by atoms with Gasteiger partial charge in [-0.1, -0.05) is 0 Å². The van der Waals surface area contributed by atoms with Crippen LogP contribution in [-0.4, -0.2) is 18.3 Å². The van der Waals surface area contributed by atoms with Crippen LogP contribution in [0.25, 0.3) is 11.3 Å². The van der Waals surface area contributed by atoms with E-state index >= 15 is 0 Å². The van der Waals surface area contributed by atoms with E-state index in [2.05, 4.69) is 28.3 Å². The fourth-order valence-corrected chi connectivity index (χ4v) is 3.95. The number of pyridine rings is 1. The Bertz CT molecular complexity index is 637. The Kier molecular flexibility index (Phi) is 3.72. The Balaban J connectivity index is 2.38. The third kappa shape index (κ3) is 3.02. The van der Waals surface area contributed by atoms with Crippen LogP contribution in [-0.2, 0) is 0 Å². The molecule has 4 heteroatoms. The monoisotopic (exact) mass is 316 g/mol. The number of halogens is 1. The summed E-state index contributed by atoms with van der Waals surface area (Å²) in [5.74, 6) is 6.41. The molecule has 1 aromatic heterocycles. The summed E-state index contributed by atoms with van der Waals surface area (Å²) in [6.45, 7) is 0. The molecule has 0 saturated heterocycles. The van der Waals surface area contributed by atoms with Gasteiger partial charge in [0.15, 0.2) is 0 Å². The Hall–Kier alpha value is -1.67. The van der Waals surface area contributed by atoms with Gasteiger partial charge in [0.1, 0.15) is 0 Å². The average Bonchev–Trinajstić information content (AvgIpc) is 2.38. The van der Waals surface area contributed by atoms with Crippen LogP contribution in [0.1, 0.15) is 5.56 Å². The first-order valence-electron chi connectivity index (χ1n) is 6.08. The van der Waals surface area contributed by atoms with Gasteiger partial charge in [-0.05, 0) is 0 Å². The second kappa shape index (κ2) is 5.14. The van der Waals surface area contributed by atoms with Crippen LogP contribution in [0.5, 0.6) is 0 Å². The standard InChI is InChI=1S/C15H15FGeN2/c1-17(2,3)13-6-7-15(19-10-13)11-4-5-12(9-18)14(16)8-11/h4-8,10H,1-3H3. The van der Waals surface area contributed by atoms with Crippen molar-refractivity contribution in [2.75, 3.05) is 0 Å². The SMILES string of the molecule is [CH3][Ge]([CH3])([CH3])[c]1ccc(-c2ccc(C#N)c(F)c2)nc1. The Labute approximate surface area is 115 Å². The van der Waals surface area contributed by atoms with Crippen molar-refractivity contribution >= 4 is 17.7 Å². The predicted molar refractivity (Wildman–Crippen MR) is 77.3 cm³/mol. The summed E-state index contributed by atoms with van der Waals surface area (Å²) in [4.78, 5) is 4.41. The maximum absolute atomic E-state index is 13.6. The van der Waals surface area contributed by atoms with Crippen molar-refractivity contribution in [2.24, 2.45) is 0 Å². The van der Waals surface area contributed by atoms with Gasteiger partial charge >= 0.3 is 115 Å². The summed E-state index contributed by atoms with van der Waals surface area (Å²) in [5.41, 5.74) is 1.49. The van der Waals surface area contributed by atoms with Crippen molar-refractivity contribution < 1.29 is 4.39 Å². The molecule has 0 aliphatic heterocycles. The molecule has 0 saturated carbocycles. The summed E-state index contributed by atoms with van der Waals surface area (Å²) < 4.78 is 14.9. The van der Waals surface area contributed by atoms with Crippen LogP contribution in [0.15, 0.2) is 36.5 Å². The zero-order chi connectivity index (χ0) is 14.0. The van der Waals surface area contributed by atoms with Gasteiger partial charge in [-0.3, -0.25) is 0 Å². The summed E-state index contributed by atoms with van der Waals surface area (Å²) in [5, 5.41) is 8.71. The van der Waals surface area contributed by atoms with E-state index in [1.807, 2.05) is 18.3 Å². The van der Waals surface area contributed by atoms with Gasteiger partial charge < -0.3 is 0 Å². The summed E-state index contributed by atoms with van der Waals surface area (Å²) in [7, 11) is 0. The number of aromatic nitrogens is 1. The number of benzene rings is 1. The van der Waals surface area contributed by atoms with E-state index in [1.165, 1.54) is 16.5 Å². The van der Waals surface area contributed by atoms with Gasteiger partial charge in [-0.25, -0.2) is 0 Å². The van der Waals surface area contributed by atoms with Crippen LogP contribution >= 0.6 is 0 Å². The molecule has 0 atom stereocenters. The molecule has 1 aromatic carbocycles. The molecule has 0 fully saturated rings. The number of nitriles is 1. The summed E-state index contributed by atoms with van der Waals surface area (Å²) >= 11 is -1.85. The van der Waals surface area contributed by atoms with Crippen LogP contribution in [0.3, 0.4) is 0 Å². The number of nitrogens with zero attached hydrogens (tertiary/aromatic N) is 2. The number of hydrogen-bond acceptors (Lipinski definition) is 2. The Morgan fingerprint density at radius 1 is 1.16 bits per heavy atom. The van der Waals surface area contributed by atoms with Crippen LogP contribution in [0, 0.1) is 17.1 Å². The minimum atomic E-state index is -1.85. The molecule has 1 heterocycles. The molecule has 0 spiro atoms. The molecule has 0 amide bonds. The van der Waals surface area contributed by atoms with E-state index in [-0.39, 0.29) is 5.56 Å². The molecule has 0 aliphatic rings. The molecule has 0 unspecified atom stereocenters. The van der Waals surface area contributed by atoms with Gasteiger partial charge in [0.2, 0.25) is 0 Å². The second-order valence-electron chi connectivity index (χ2n) is 5.49. The predicted octanol–water partition coefficient (Wildman–Crippen LogP) is 3.30. The first-order chi connectivity index (χ1) is 8.91. The van der Waals surface area contributed by atoms with Gasteiger partial charge in [0.25, 0.3) is 0 Å². The fraction of sp³-hybridized carbons (Fsp3) is 0.200. The first kappa shape index (κ1) is 13.8. The Morgan fingerprint density at radius 2 is 1.89 bits per heavy atom. The summed E-state index contributed by atoms with van der Waals surface area (Å²) in [6, 6.07) is 10.4. The molecule has 0 bridgehead atoms. The summed E-state index contributed by atoms with van der Waals surface area (Å²) in [6.07, 6.45) is 1.89. The molecule has 0 aliphatic carbocycles. The number of hydrogen-bond donors (Lipinski definition) is 0. The molecule has 19 heavy (non-hydrogen) atoms. The second-order valence-corrected chi connectivity index (χ2v) is 16.1. The van der Waals surface area contributed by atoms with Crippen molar-refractivity contribution in [1.29, 1.82) is 5.26 Å². The van der Waals surface area contributed by atoms with Crippen molar-refractivity contribution in [2.45, 2.75) is 17.3 Å². The van der Waals surface area contributed by atoms with E-state index in [9.17, 15) is 4.39 Å². The molecule has 96 valence electrons. The fourth-order valence-electron chi connectivity index (χ4n) is 1.77. The van der Waals surface area contributed by atoms with Gasteiger partial charge in [-0.2, -0.15) is 0 Å². The molecule has 2 aromatic rings. The van der Waals surface area contributed by atoms with E-state index in [1.54, 1.807) is 6.07 Å². The molecular formula is C15H15FGeN2. The minimum absolute atomic E-state index is 0.0602. The van der Waals surface area contributed by atoms with E-state index in [0.29, 0.717) is 5.56 Å². The van der Waals surface area contributed by atoms with Gasteiger partial charge in [0.05, 0.1) is 0 Å². The topological polar surface area (TPSA) is 36.7 Å². The molecule has 0 N–H and O–H groups in total. The zero-order valence-electron chi connectivity index (χ0n) is 11.2. The van der Waals surface area contributed by atoms with E-state index in [4.69, 9.17) is 5.26 Å². The molecule has 0 radical (unpaired) electrons. The molecular weight excluding hydrogens is 300 g/mol. The maximum atomic E-state index is 13.6.